The first-order valence-corrected chi connectivity index (χ1v) is 10.9. The molecule has 0 aromatic heterocycles. The summed E-state index contributed by atoms with van der Waals surface area (Å²) in [5, 5.41) is 0. The van der Waals surface area contributed by atoms with Crippen molar-refractivity contribution < 1.29 is 9.31 Å². The number of hydrogen-bond acceptors (Lipinski definition) is 2. The quantitative estimate of drug-likeness (QED) is 0.399. The highest BCUT2D eigenvalue weighted by Gasteiger charge is 2.24. The molecule has 0 radical (unpaired) electrons. The lowest BCUT2D eigenvalue weighted by Gasteiger charge is -2.13. The van der Waals surface area contributed by atoms with Crippen LogP contribution in [0.5, 0.6) is 5.75 Å². The van der Waals surface area contributed by atoms with E-state index in [0.717, 1.165) is 44.0 Å². The Labute approximate surface area is 176 Å². The van der Waals surface area contributed by atoms with E-state index < -0.39 is 0 Å². The average molecular weight is 392 g/mol. The summed E-state index contributed by atoms with van der Waals surface area (Å²) in [6.45, 7) is 12.7. The Hall–Kier alpha value is -2.55. The van der Waals surface area contributed by atoms with Crippen LogP contribution in [0.2, 0.25) is 0 Å². The van der Waals surface area contributed by atoms with Crippen molar-refractivity contribution in [2.45, 2.75) is 47.0 Å². The first-order valence-electron chi connectivity index (χ1n) is 10.9. The van der Waals surface area contributed by atoms with Crippen LogP contribution in [0.1, 0.15) is 48.4 Å². The number of unbranched alkanes of at least 4 members (excludes halogenated alkanes) is 2. The van der Waals surface area contributed by atoms with Gasteiger partial charge in [0.15, 0.2) is 0 Å². The van der Waals surface area contributed by atoms with Crippen molar-refractivity contribution in [1.82, 2.24) is 0 Å². The maximum absolute atomic E-state index is 5.99. The molecule has 3 nitrogen and oxygen atoms in total. The maximum atomic E-state index is 5.99. The van der Waals surface area contributed by atoms with E-state index in [0.29, 0.717) is 0 Å². The van der Waals surface area contributed by atoms with Gasteiger partial charge < -0.3 is 4.74 Å². The predicted octanol–water partition coefficient (Wildman–Crippen LogP) is 5.76. The minimum Gasteiger partial charge on any atom is -0.493 e. The van der Waals surface area contributed by atoms with E-state index in [2.05, 4.69) is 79.1 Å². The number of ether oxygens (including phenoxy) is 1. The number of para-hydroxylation sites is 1. The van der Waals surface area contributed by atoms with Crippen LogP contribution >= 0.6 is 0 Å². The summed E-state index contributed by atoms with van der Waals surface area (Å²) in [4.78, 5) is 2.42. The number of hydrogen-bond donors (Lipinski definition) is 0. The van der Waals surface area contributed by atoms with E-state index in [4.69, 9.17) is 4.74 Å². The van der Waals surface area contributed by atoms with Gasteiger partial charge in [-0.05, 0) is 64.2 Å². The van der Waals surface area contributed by atoms with Crippen molar-refractivity contribution in [3.05, 3.63) is 64.7 Å². The highest BCUT2D eigenvalue weighted by molar-refractivity contribution is 5.80. The molecular formula is C26H35N2O+. The van der Waals surface area contributed by atoms with E-state index in [1.165, 1.54) is 35.2 Å². The molecule has 3 heteroatoms. The molecule has 0 fully saturated rings. The molecule has 0 aliphatic carbocycles. The molecule has 0 saturated heterocycles. The molecule has 1 heterocycles. The van der Waals surface area contributed by atoms with Gasteiger partial charge in [-0.25, -0.2) is 4.90 Å². The van der Waals surface area contributed by atoms with Crippen LogP contribution in [0.25, 0.3) is 6.08 Å². The Kier molecular flexibility index (Phi) is 7.51. The lowest BCUT2D eigenvalue weighted by Crippen LogP contribution is -2.20. The first-order chi connectivity index (χ1) is 14.1. The average Bonchev–Trinajstić information content (AvgIpc) is 3.13. The van der Waals surface area contributed by atoms with Crippen LogP contribution in [0.4, 0.5) is 5.69 Å². The van der Waals surface area contributed by atoms with Gasteiger partial charge in [-0.15, -0.1) is 0 Å². The maximum Gasteiger partial charge on any atom is 0.239 e. The van der Waals surface area contributed by atoms with Gasteiger partial charge >= 0.3 is 0 Å². The first kappa shape index (κ1) is 21.2. The number of nitrogens with zero attached hydrogens (tertiary/aromatic N) is 2. The Bertz CT molecular complexity index is 859. The third-order valence-electron chi connectivity index (χ3n) is 5.47. The molecule has 1 aliphatic heterocycles. The van der Waals surface area contributed by atoms with Crippen molar-refractivity contribution in [3.63, 3.8) is 0 Å². The molecule has 0 atom stereocenters. The minimum absolute atomic E-state index is 0.784. The monoisotopic (exact) mass is 391 g/mol. The van der Waals surface area contributed by atoms with E-state index in [1.807, 2.05) is 13.0 Å². The van der Waals surface area contributed by atoms with Crippen molar-refractivity contribution in [2.75, 3.05) is 31.1 Å². The number of aryl methyl sites for hydroxylation is 3. The number of benzene rings is 2. The SMILES string of the molecule is C/C=C\c1ccccc1OCCCCC[N+]1=CN(c2c(C)cc(C)cc2C)CC1. The van der Waals surface area contributed by atoms with Crippen LogP contribution in [-0.4, -0.2) is 37.2 Å². The van der Waals surface area contributed by atoms with Crippen LogP contribution in [0.3, 0.4) is 0 Å². The van der Waals surface area contributed by atoms with Crippen molar-refractivity contribution in [1.29, 1.82) is 0 Å². The van der Waals surface area contributed by atoms with Crippen LogP contribution in [0.15, 0.2) is 42.5 Å². The summed E-state index contributed by atoms with van der Waals surface area (Å²) in [6.07, 6.45) is 9.96. The summed E-state index contributed by atoms with van der Waals surface area (Å²) in [7, 11) is 0. The molecular weight excluding hydrogens is 356 g/mol. The van der Waals surface area contributed by atoms with Gasteiger partial charge in [0, 0.05) is 5.56 Å². The molecule has 2 aromatic carbocycles. The van der Waals surface area contributed by atoms with E-state index >= 15 is 0 Å². The zero-order valence-corrected chi connectivity index (χ0v) is 18.4. The summed E-state index contributed by atoms with van der Waals surface area (Å²) >= 11 is 0. The van der Waals surface area contributed by atoms with Crippen molar-refractivity contribution in [2.24, 2.45) is 0 Å². The number of rotatable bonds is 9. The van der Waals surface area contributed by atoms with Gasteiger partial charge in [0.1, 0.15) is 24.5 Å². The summed E-state index contributed by atoms with van der Waals surface area (Å²) in [6, 6.07) is 12.8. The Morgan fingerprint density at radius 3 is 2.55 bits per heavy atom. The minimum atomic E-state index is 0.784. The van der Waals surface area contributed by atoms with Gasteiger partial charge in [0.05, 0.1) is 13.2 Å². The fourth-order valence-electron chi connectivity index (χ4n) is 4.22. The van der Waals surface area contributed by atoms with Crippen molar-refractivity contribution in [3.8, 4) is 5.75 Å². The van der Waals surface area contributed by atoms with Crippen molar-refractivity contribution >= 4 is 18.1 Å². The van der Waals surface area contributed by atoms with Gasteiger partial charge in [-0.2, -0.15) is 0 Å². The highest BCUT2D eigenvalue weighted by atomic mass is 16.5. The molecule has 154 valence electrons. The van der Waals surface area contributed by atoms with Crippen LogP contribution in [-0.2, 0) is 0 Å². The van der Waals surface area contributed by atoms with Gasteiger partial charge in [0.25, 0.3) is 0 Å². The van der Waals surface area contributed by atoms with Gasteiger partial charge in [-0.1, -0.05) is 48.0 Å². The topological polar surface area (TPSA) is 15.5 Å². The fourth-order valence-corrected chi connectivity index (χ4v) is 4.22. The molecule has 0 spiro atoms. The summed E-state index contributed by atoms with van der Waals surface area (Å²) in [5.74, 6) is 0.984. The normalized spacial score (nSPS) is 13.9. The highest BCUT2D eigenvalue weighted by Crippen LogP contribution is 2.26. The number of anilines is 1. The molecule has 0 saturated carbocycles. The molecule has 0 N–H and O–H groups in total. The Balaban J connectivity index is 1.42. The molecule has 0 bridgehead atoms. The molecule has 0 amide bonds. The van der Waals surface area contributed by atoms with E-state index in [-0.39, 0.29) is 0 Å². The molecule has 29 heavy (non-hydrogen) atoms. The van der Waals surface area contributed by atoms with Crippen LogP contribution in [0, 0.1) is 20.8 Å². The standard InChI is InChI=1S/C26H35N2O/c1-5-11-24-12-7-8-13-25(24)29-17-10-6-9-14-27-15-16-28(20-27)26-22(3)18-21(2)19-23(26)4/h5,7-8,11-13,18-20H,6,9-10,14-17H2,1-4H3/q+1/b11-5-. The zero-order chi connectivity index (χ0) is 20.6. The molecule has 1 aliphatic rings. The second-order valence-electron chi connectivity index (χ2n) is 8.04. The Morgan fingerprint density at radius 1 is 1.03 bits per heavy atom. The molecule has 0 unspecified atom stereocenters. The number of allylic oxidation sites excluding steroid dienone is 1. The predicted molar refractivity (Wildman–Crippen MR) is 125 cm³/mol. The summed E-state index contributed by atoms with van der Waals surface area (Å²) < 4.78 is 8.45. The largest absolute Gasteiger partial charge is 0.493 e. The van der Waals surface area contributed by atoms with Gasteiger partial charge in [-0.3, -0.25) is 4.58 Å². The second kappa shape index (κ2) is 10.3. The van der Waals surface area contributed by atoms with Crippen LogP contribution < -0.4 is 9.64 Å². The summed E-state index contributed by atoms with van der Waals surface area (Å²) in [5.41, 5.74) is 6.62. The second-order valence-corrected chi connectivity index (χ2v) is 8.04. The lowest BCUT2D eigenvalue weighted by atomic mass is 10.0. The molecule has 3 rings (SSSR count). The fraction of sp³-hybridized carbons (Fsp3) is 0.423. The van der Waals surface area contributed by atoms with E-state index in [9.17, 15) is 0 Å². The van der Waals surface area contributed by atoms with E-state index in [1.54, 1.807) is 0 Å². The lowest BCUT2D eigenvalue weighted by molar-refractivity contribution is -0.514. The smallest absolute Gasteiger partial charge is 0.239 e. The third-order valence-corrected chi connectivity index (χ3v) is 5.47. The zero-order valence-electron chi connectivity index (χ0n) is 18.4. The van der Waals surface area contributed by atoms with Gasteiger partial charge in [0.2, 0.25) is 6.34 Å². The third kappa shape index (κ3) is 5.72. The Morgan fingerprint density at radius 2 is 1.79 bits per heavy atom. The molecule has 2 aromatic rings.